The summed E-state index contributed by atoms with van der Waals surface area (Å²) in [5.41, 5.74) is 0. The Hall–Kier alpha value is -1.36. The zero-order chi connectivity index (χ0) is 17.6. The molecule has 0 radical (unpaired) electrons. The number of hydrogen-bond acceptors (Lipinski definition) is 4. The van der Waals surface area contributed by atoms with Gasteiger partial charge in [-0.2, -0.15) is 0 Å². The monoisotopic (exact) mass is 398 g/mol. The molecule has 134 valence electrons. The Kier molecular flexibility index (Phi) is 11.2. The van der Waals surface area contributed by atoms with Gasteiger partial charge in [-0.15, -0.1) is 0 Å². The van der Waals surface area contributed by atoms with E-state index in [4.69, 9.17) is 9.47 Å². The largest absolute Gasteiger partial charge is 0.466 e. The van der Waals surface area contributed by atoms with Gasteiger partial charge in [-0.1, -0.05) is 48.5 Å². The molecule has 0 spiro atoms. The first kappa shape index (κ1) is 20.7. The fourth-order valence-electron chi connectivity index (χ4n) is 2.22. The van der Waals surface area contributed by atoms with Crippen molar-refractivity contribution >= 4 is 27.9 Å². The molecule has 0 aliphatic rings. The van der Waals surface area contributed by atoms with E-state index in [-0.39, 0.29) is 11.9 Å². The van der Waals surface area contributed by atoms with Gasteiger partial charge in [0.15, 0.2) is 0 Å². The average molecular weight is 399 g/mol. The average Bonchev–Trinajstić information content (AvgIpc) is 2.57. The van der Waals surface area contributed by atoms with Gasteiger partial charge in [0, 0.05) is 17.3 Å². The van der Waals surface area contributed by atoms with Gasteiger partial charge in [-0.3, -0.25) is 9.59 Å². The van der Waals surface area contributed by atoms with Crippen LogP contribution in [0.4, 0.5) is 0 Å². The van der Waals surface area contributed by atoms with Crippen molar-refractivity contribution in [3.8, 4) is 5.75 Å². The van der Waals surface area contributed by atoms with E-state index in [9.17, 15) is 9.59 Å². The lowest BCUT2D eigenvalue weighted by molar-refractivity contribution is -0.143. The molecule has 0 saturated heterocycles. The first-order chi connectivity index (χ1) is 11.6. The van der Waals surface area contributed by atoms with Crippen LogP contribution in [0, 0.1) is 0 Å². The van der Waals surface area contributed by atoms with E-state index in [1.165, 1.54) is 0 Å². The second-order valence-corrected chi connectivity index (χ2v) is 6.69. The normalized spacial score (nSPS) is 10.4. The molecule has 0 unspecified atom stereocenters. The summed E-state index contributed by atoms with van der Waals surface area (Å²) in [4.78, 5) is 23.0. The predicted molar refractivity (Wildman–Crippen MR) is 98.0 cm³/mol. The van der Waals surface area contributed by atoms with Gasteiger partial charge in [0.25, 0.3) is 0 Å². The minimum Gasteiger partial charge on any atom is -0.466 e. The number of halogens is 1. The molecule has 4 nitrogen and oxygen atoms in total. The van der Waals surface area contributed by atoms with Crippen molar-refractivity contribution < 1.29 is 19.1 Å². The van der Waals surface area contributed by atoms with E-state index >= 15 is 0 Å². The molecule has 0 saturated carbocycles. The fraction of sp³-hybridized carbons (Fsp3) is 0.579. The van der Waals surface area contributed by atoms with Crippen molar-refractivity contribution in [3.63, 3.8) is 0 Å². The van der Waals surface area contributed by atoms with Crippen molar-refractivity contribution in [1.29, 1.82) is 0 Å². The smallest absolute Gasteiger partial charge is 0.311 e. The molecule has 0 bridgehead atoms. The highest BCUT2D eigenvalue weighted by Gasteiger charge is 2.05. The molecule has 0 aromatic heterocycles. The Balaban J connectivity index is 1.95. The number of benzene rings is 1. The van der Waals surface area contributed by atoms with Gasteiger partial charge in [-0.05, 0) is 43.5 Å². The highest BCUT2D eigenvalue weighted by atomic mass is 79.9. The quantitative estimate of drug-likeness (QED) is 0.267. The molecule has 0 fully saturated rings. The third-order valence-electron chi connectivity index (χ3n) is 3.52. The lowest BCUT2D eigenvalue weighted by atomic mass is 10.1. The van der Waals surface area contributed by atoms with E-state index in [1.54, 1.807) is 12.1 Å². The van der Waals surface area contributed by atoms with Crippen molar-refractivity contribution in [1.82, 2.24) is 0 Å². The minimum atomic E-state index is -0.184. The van der Waals surface area contributed by atoms with Crippen LogP contribution in [0.3, 0.4) is 0 Å². The van der Waals surface area contributed by atoms with Crippen LogP contribution in [-0.2, 0) is 14.3 Å². The molecule has 0 heterocycles. The third kappa shape index (κ3) is 10.4. The molecule has 1 aromatic carbocycles. The summed E-state index contributed by atoms with van der Waals surface area (Å²) in [6.07, 6.45) is 7.76. The molecule has 24 heavy (non-hydrogen) atoms. The van der Waals surface area contributed by atoms with Crippen LogP contribution < -0.4 is 4.74 Å². The summed E-state index contributed by atoms with van der Waals surface area (Å²) in [5, 5.41) is 0. The standard InChI is InChI=1S/C19H27BrO4/c1-2-15-23-18(21)9-7-5-3-4-6-8-10-19(22)24-17-13-11-16(20)12-14-17/h11-14H,2-10,15H2,1H3. The number of rotatable bonds is 12. The number of carbonyl (C=O) groups is 2. The molecule has 0 aliphatic heterocycles. The second-order valence-electron chi connectivity index (χ2n) is 5.77. The van der Waals surface area contributed by atoms with Crippen LogP contribution in [-0.4, -0.2) is 18.5 Å². The first-order valence-corrected chi connectivity index (χ1v) is 9.53. The molecule has 0 N–H and O–H groups in total. The molecule has 1 rings (SSSR count). The first-order valence-electron chi connectivity index (χ1n) is 8.73. The van der Waals surface area contributed by atoms with Crippen molar-refractivity contribution in [3.05, 3.63) is 28.7 Å². The molecular weight excluding hydrogens is 372 g/mol. The topological polar surface area (TPSA) is 52.6 Å². The summed E-state index contributed by atoms with van der Waals surface area (Å²) >= 11 is 3.34. The maximum absolute atomic E-state index is 11.7. The maximum atomic E-state index is 11.7. The number of esters is 2. The van der Waals surface area contributed by atoms with E-state index < -0.39 is 0 Å². The number of unbranched alkanes of at least 4 members (excludes halogenated alkanes) is 5. The van der Waals surface area contributed by atoms with E-state index in [2.05, 4.69) is 15.9 Å². The van der Waals surface area contributed by atoms with E-state index in [0.29, 0.717) is 25.2 Å². The summed E-state index contributed by atoms with van der Waals surface area (Å²) in [7, 11) is 0. The Labute approximate surface area is 153 Å². The van der Waals surface area contributed by atoms with Gasteiger partial charge in [0.2, 0.25) is 0 Å². The van der Waals surface area contributed by atoms with Crippen LogP contribution in [0.25, 0.3) is 0 Å². The molecule has 0 amide bonds. The van der Waals surface area contributed by atoms with Crippen LogP contribution in [0.15, 0.2) is 28.7 Å². The van der Waals surface area contributed by atoms with Gasteiger partial charge in [0.1, 0.15) is 5.75 Å². The Morgan fingerprint density at radius 1 is 0.875 bits per heavy atom. The van der Waals surface area contributed by atoms with Crippen LogP contribution in [0.1, 0.15) is 64.7 Å². The highest BCUT2D eigenvalue weighted by Crippen LogP contribution is 2.17. The minimum absolute atomic E-state index is 0.0902. The number of ether oxygens (including phenoxy) is 2. The van der Waals surface area contributed by atoms with Gasteiger partial charge in [0.05, 0.1) is 6.61 Å². The summed E-state index contributed by atoms with van der Waals surface area (Å²) in [5.74, 6) is 0.307. The Morgan fingerprint density at radius 3 is 2.00 bits per heavy atom. The third-order valence-corrected chi connectivity index (χ3v) is 4.05. The predicted octanol–water partition coefficient (Wildman–Crippen LogP) is 5.43. The van der Waals surface area contributed by atoms with Crippen LogP contribution in [0.2, 0.25) is 0 Å². The van der Waals surface area contributed by atoms with E-state index in [0.717, 1.165) is 49.4 Å². The molecule has 0 atom stereocenters. The Bertz CT molecular complexity index is 485. The Morgan fingerprint density at radius 2 is 1.42 bits per heavy atom. The molecular formula is C19H27BrO4. The van der Waals surface area contributed by atoms with Gasteiger partial charge in [-0.25, -0.2) is 0 Å². The lowest BCUT2D eigenvalue weighted by Gasteiger charge is -2.05. The zero-order valence-electron chi connectivity index (χ0n) is 14.4. The maximum Gasteiger partial charge on any atom is 0.311 e. The van der Waals surface area contributed by atoms with Crippen molar-refractivity contribution in [2.24, 2.45) is 0 Å². The van der Waals surface area contributed by atoms with Crippen molar-refractivity contribution in [2.45, 2.75) is 64.7 Å². The second kappa shape index (κ2) is 13.0. The fourth-order valence-corrected chi connectivity index (χ4v) is 2.48. The summed E-state index contributed by atoms with van der Waals surface area (Å²) < 4.78 is 11.2. The number of hydrogen-bond donors (Lipinski definition) is 0. The molecule has 1 aromatic rings. The van der Waals surface area contributed by atoms with Gasteiger partial charge >= 0.3 is 11.9 Å². The number of carbonyl (C=O) groups excluding carboxylic acids is 2. The molecule has 5 heteroatoms. The summed E-state index contributed by atoms with van der Waals surface area (Å²) in [6.45, 7) is 2.51. The highest BCUT2D eigenvalue weighted by molar-refractivity contribution is 9.10. The van der Waals surface area contributed by atoms with Gasteiger partial charge < -0.3 is 9.47 Å². The lowest BCUT2D eigenvalue weighted by Crippen LogP contribution is -2.07. The van der Waals surface area contributed by atoms with Crippen molar-refractivity contribution in [2.75, 3.05) is 6.61 Å². The van der Waals surface area contributed by atoms with E-state index in [1.807, 2.05) is 19.1 Å². The SMILES string of the molecule is CCCOC(=O)CCCCCCCCC(=O)Oc1ccc(Br)cc1. The van der Waals surface area contributed by atoms with Crippen LogP contribution in [0.5, 0.6) is 5.75 Å². The summed E-state index contributed by atoms with van der Waals surface area (Å²) in [6, 6.07) is 7.24. The zero-order valence-corrected chi connectivity index (χ0v) is 16.0. The molecule has 0 aliphatic carbocycles. The van der Waals surface area contributed by atoms with Crippen LogP contribution >= 0.6 is 15.9 Å².